The summed E-state index contributed by atoms with van der Waals surface area (Å²) in [6.07, 6.45) is 2.31. The van der Waals surface area contributed by atoms with Crippen LogP contribution in [0.1, 0.15) is 12.8 Å². The van der Waals surface area contributed by atoms with Crippen molar-refractivity contribution in [1.29, 1.82) is 0 Å². The first-order valence-corrected chi connectivity index (χ1v) is 7.48. The van der Waals surface area contributed by atoms with E-state index < -0.39 is 16.5 Å². The van der Waals surface area contributed by atoms with Crippen molar-refractivity contribution in [3.8, 4) is 0 Å². The molecule has 0 radical (unpaired) electrons. The molecule has 0 unspecified atom stereocenters. The van der Waals surface area contributed by atoms with Crippen molar-refractivity contribution in [2.75, 3.05) is 0 Å². The molecule has 2 nitrogen and oxygen atoms in total. The fourth-order valence-corrected chi connectivity index (χ4v) is 0.0833. The average Bonchev–Trinajstić information content (AvgIpc) is 2.25. The molecule has 0 bridgehead atoms. The molecule has 0 atom stereocenters. The second-order valence-corrected chi connectivity index (χ2v) is 4.60. The van der Waals surface area contributed by atoms with Crippen LogP contribution in [0.4, 0.5) is 0 Å². The van der Waals surface area contributed by atoms with Crippen LogP contribution in [0.25, 0.3) is 11.9 Å². The predicted molar refractivity (Wildman–Crippen MR) is 34.3 cm³/mol. The molecule has 3 N–H and O–H groups in total. The summed E-state index contributed by atoms with van der Waals surface area (Å²) in [5.74, 6) is 0. The standard InChI is InChI=1S/C3H6N.2ClH.H2N.Pt/c4-3-1-2-3;;;;/h3-4H,1-2H2;2*1H;1H2;/q-1;;;-1;+4/p-2. The maximum absolute atomic E-state index is 6.69. The van der Waals surface area contributed by atoms with E-state index in [0.717, 1.165) is 12.8 Å². The van der Waals surface area contributed by atoms with E-state index in [1.54, 1.807) is 0 Å². The van der Waals surface area contributed by atoms with Crippen molar-refractivity contribution < 1.29 is 16.5 Å². The maximum atomic E-state index is 6.69. The Kier molecular flexibility index (Phi) is 12.2. The maximum Gasteiger partial charge on any atom is -0.0710 e. The Morgan fingerprint density at radius 1 is 1.38 bits per heavy atom. The molecule has 0 spiro atoms. The minimum atomic E-state index is -0.472. The SMILES string of the molecule is [Cl][Pt+2][Cl].[NH-]C1CC1.[NH2-]. The molecule has 54 valence electrons. The van der Waals surface area contributed by atoms with E-state index in [4.69, 9.17) is 24.6 Å². The molecule has 0 aromatic heterocycles. The van der Waals surface area contributed by atoms with E-state index in [9.17, 15) is 0 Å². The van der Waals surface area contributed by atoms with E-state index >= 15 is 0 Å². The first kappa shape index (κ1) is 11.9. The van der Waals surface area contributed by atoms with Gasteiger partial charge in [-0.2, -0.15) is 0 Å². The molecule has 0 heterocycles. The van der Waals surface area contributed by atoms with E-state index in [1.165, 1.54) is 0 Å². The van der Waals surface area contributed by atoms with Gasteiger partial charge in [0.15, 0.2) is 0 Å². The van der Waals surface area contributed by atoms with E-state index in [-0.39, 0.29) is 6.15 Å². The second kappa shape index (κ2) is 8.19. The molecule has 1 fully saturated rings. The van der Waals surface area contributed by atoms with Crippen LogP contribution in [0, 0.1) is 0 Å². The first-order valence-electron chi connectivity index (χ1n) is 1.84. The van der Waals surface area contributed by atoms with E-state index in [2.05, 4.69) is 0 Å². The number of nitrogens with one attached hydrogen (secondary N) is 1. The van der Waals surface area contributed by atoms with Gasteiger partial charge >= 0.3 is 35.3 Å². The molecule has 1 rings (SSSR count). The molecule has 0 saturated heterocycles. The summed E-state index contributed by atoms with van der Waals surface area (Å²) in [6.45, 7) is 0. The van der Waals surface area contributed by atoms with Crippen LogP contribution in [0.15, 0.2) is 0 Å². The van der Waals surface area contributed by atoms with Crippen molar-refractivity contribution >= 4 is 18.8 Å². The number of rotatable bonds is 0. The van der Waals surface area contributed by atoms with Gasteiger partial charge in [0.25, 0.3) is 0 Å². The van der Waals surface area contributed by atoms with Gasteiger partial charge in [-0.1, -0.05) is 12.8 Å². The van der Waals surface area contributed by atoms with Crippen molar-refractivity contribution in [1.82, 2.24) is 0 Å². The third-order valence-corrected chi connectivity index (χ3v) is 0.577. The molecular formula is C3H8Cl2N2Pt. The van der Waals surface area contributed by atoms with Gasteiger partial charge < -0.3 is 11.9 Å². The van der Waals surface area contributed by atoms with Crippen LogP contribution in [0.2, 0.25) is 0 Å². The summed E-state index contributed by atoms with van der Waals surface area (Å²) in [5, 5.41) is 0. The molecule has 0 aromatic rings. The Labute approximate surface area is 66.1 Å². The number of nitrogens with two attached hydrogens (primary N) is 1. The Balaban J connectivity index is 0. The smallest absolute Gasteiger partial charge is 0.0710 e. The van der Waals surface area contributed by atoms with Gasteiger partial charge in [0.2, 0.25) is 0 Å². The Morgan fingerprint density at radius 3 is 1.50 bits per heavy atom. The van der Waals surface area contributed by atoms with Gasteiger partial charge in [0.1, 0.15) is 0 Å². The van der Waals surface area contributed by atoms with Gasteiger partial charge in [0, 0.05) is 0 Å². The molecule has 0 aliphatic heterocycles. The Hall–Kier alpha value is 1.19. The van der Waals surface area contributed by atoms with Crippen LogP contribution in [-0.4, -0.2) is 6.04 Å². The van der Waals surface area contributed by atoms with Gasteiger partial charge in [-0.15, -0.1) is 6.04 Å². The molecule has 1 saturated carbocycles. The van der Waals surface area contributed by atoms with E-state index in [0.29, 0.717) is 6.04 Å². The monoisotopic (exact) mass is 337 g/mol. The third-order valence-electron chi connectivity index (χ3n) is 0.577. The summed E-state index contributed by atoms with van der Waals surface area (Å²) in [4.78, 5) is 0. The zero-order valence-electron chi connectivity index (χ0n) is 4.14. The normalized spacial score (nSPS) is 15.9. The van der Waals surface area contributed by atoms with Crippen molar-refractivity contribution in [3.05, 3.63) is 11.9 Å². The zero-order chi connectivity index (χ0) is 5.70. The summed E-state index contributed by atoms with van der Waals surface area (Å²) in [7, 11) is 9.75. The largest absolute Gasteiger partial charge is 0.693 e. The van der Waals surface area contributed by atoms with E-state index in [1.807, 2.05) is 0 Å². The molecule has 5 heteroatoms. The summed E-state index contributed by atoms with van der Waals surface area (Å²) in [6, 6.07) is 0.333. The fourth-order valence-electron chi connectivity index (χ4n) is 0.0833. The molecular weight excluding hydrogens is 330 g/mol. The topological polar surface area (TPSA) is 57.3 Å². The third kappa shape index (κ3) is 15.7. The zero-order valence-corrected chi connectivity index (χ0v) is 7.93. The van der Waals surface area contributed by atoms with Gasteiger partial charge in [-0.25, -0.2) is 0 Å². The van der Waals surface area contributed by atoms with Crippen molar-refractivity contribution in [3.63, 3.8) is 0 Å². The minimum Gasteiger partial charge on any atom is -0.693 e. The quantitative estimate of drug-likeness (QED) is 0.651. The number of halogens is 2. The molecule has 1 aliphatic carbocycles. The van der Waals surface area contributed by atoms with Gasteiger partial charge in [-0.05, 0) is 0 Å². The molecule has 8 heavy (non-hydrogen) atoms. The molecule has 0 amide bonds. The fraction of sp³-hybridized carbons (Fsp3) is 1.00. The van der Waals surface area contributed by atoms with Crippen LogP contribution < -0.4 is 0 Å². The van der Waals surface area contributed by atoms with Gasteiger partial charge in [-0.3, -0.25) is 0 Å². The second-order valence-electron chi connectivity index (χ2n) is 1.32. The minimum absolute atomic E-state index is 0. The first-order chi connectivity index (χ1) is 3.31. The summed E-state index contributed by atoms with van der Waals surface area (Å²) >= 11 is -0.472. The molecule has 1 aliphatic rings. The van der Waals surface area contributed by atoms with Crippen LogP contribution in [-0.2, 0) is 16.5 Å². The van der Waals surface area contributed by atoms with Crippen LogP contribution >= 0.6 is 18.8 Å². The Morgan fingerprint density at radius 2 is 1.50 bits per heavy atom. The number of hydrogen-bond donors (Lipinski definition) is 0. The predicted octanol–water partition coefficient (Wildman–Crippen LogP) is 3.29. The summed E-state index contributed by atoms with van der Waals surface area (Å²) < 4.78 is 0. The van der Waals surface area contributed by atoms with Gasteiger partial charge in [0.05, 0.1) is 0 Å². The Bertz CT molecular complexity index is 42.3. The number of hydrogen-bond acceptors (Lipinski definition) is 0. The summed E-state index contributed by atoms with van der Waals surface area (Å²) in [5.41, 5.74) is 6.69. The van der Waals surface area contributed by atoms with Crippen LogP contribution in [0.5, 0.6) is 0 Å². The van der Waals surface area contributed by atoms with Crippen LogP contribution in [0.3, 0.4) is 0 Å². The average molecular weight is 338 g/mol. The molecule has 0 aromatic carbocycles. The van der Waals surface area contributed by atoms with Crippen molar-refractivity contribution in [2.24, 2.45) is 0 Å². The van der Waals surface area contributed by atoms with Crippen molar-refractivity contribution in [2.45, 2.75) is 18.9 Å².